The van der Waals surface area contributed by atoms with Crippen LogP contribution in [0.4, 0.5) is 4.39 Å². The van der Waals surface area contributed by atoms with Crippen LogP contribution in [-0.2, 0) is 6.42 Å². The molecule has 2 aromatic heterocycles. The maximum Gasteiger partial charge on any atom is 0.181 e. The van der Waals surface area contributed by atoms with Gasteiger partial charge in [-0.15, -0.1) is 0 Å². The number of benzene rings is 2. The second-order valence-electron chi connectivity index (χ2n) is 5.29. The first kappa shape index (κ1) is 15.4. The molecule has 0 spiro atoms. The van der Waals surface area contributed by atoms with Crippen molar-refractivity contribution >= 4 is 38.6 Å². The van der Waals surface area contributed by atoms with Crippen LogP contribution in [0.5, 0.6) is 0 Å². The Bertz CT molecular complexity index is 1030. The van der Waals surface area contributed by atoms with E-state index in [1.807, 2.05) is 18.2 Å². The zero-order valence-electron chi connectivity index (χ0n) is 12.2. The van der Waals surface area contributed by atoms with E-state index < -0.39 is 0 Å². The van der Waals surface area contributed by atoms with Gasteiger partial charge in [-0.05, 0) is 23.8 Å². The molecule has 1 N–H and O–H groups in total. The highest BCUT2D eigenvalue weighted by atomic mass is 79.9. The van der Waals surface area contributed by atoms with Gasteiger partial charge in [0.25, 0.3) is 0 Å². The zero-order valence-corrected chi connectivity index (χ0v) is 14.5. The van der Waals surface area contributed by atoms with E-state index in [1.165, 1.54) is 12.7 Å². The van der Waals surface area contributed by atoms with Crippen LogP contribution in [0.2, 0.25) is 5.02 Å². The monoisotopic (exact) mass is 405 g/mol. The standard InChI is InChI=1S/C17H10BrClFN3O/c18-10-2-1-9(13(19)4-10)3-12-11(15-6-21-8-24-15)5-14-17(16(12)20)23-7-22-14/h1-2,4-8H,3H2,(H,22,23). The number of fused-ring (bicyclic) bond motifs is 1. The Balaban J connectivity index is 1.92. The van der Waals surface area contributed by atoms with E-state index in [9.17, 15) is 0 Å². The van der Waals surface area contributed by atoms with Crippen molar-refractivity contribution in [2.75, 3.05) is 0 Å². The van der Waals surface area contributed by atoms with Gasteiger partial charge >= 0.3 is 0 Å². The molecule has 24 heavy (non-hydrogen) atoms. The maximum atomic E-state index is 15.1. The Kier molecular flexibility index (Phi) is 3.86. The summed E-state index contributed by atoms with van der Waals surface area (Å²) in [6.45, 7) is 0. The lowest BCUT2D eigenvalue weighted by Gasteiger charge is -2.11. The molecule has 0 bridgehead atoms. The molecule has 0 atom stereocenters. The summed E-state index contributed by atoms with van der Waals surface area (Å²) < 4.78 is 21.3. The van der Waals surface area contributed by atoms with Crippen molar-refractivity contribution in [2.45, 2.75) is 6.42 Å². The van der Waals surface area contributed by atoms with Crippen LogP contribution in [0.1, 0.15) is 11.1 Å². The number of hydrogen-bond acceptors (Lipinski definition) is 3. The molecule has 120 valence electrons. The molecule has 2 heterocycles. The van der Waals surface area contributed by atoms with Crippen LogP contribution < -0.4 is 0 Å². The second-order valence-corrected chi connectivity index (χ2v) is 6.62. The van der Waals surface area contributed by atoms with E-state index in [4.69, 9.17) is 16.0 Å². The molecule has 0 radical (unpaired) electrons. The molecule has 0 aliphatic rings. The van der Waals surface area contributed by atoms with Crippen molar-refractivity contribution in [3.05, 3.63) is 69.6 Å². The predicted molar refractivity (Wildman–Crippen MR) is 93.5 cm³/mol. The first-order valence-electron chi connectivity index (χ1n) is 7.10. The van der Waals surface area contributed by atoms with E-state index in [1.54, 1.807) is 12.3 Å². The van der Waals surface area contributed by atoms with Gasteiger partial charge in [-0.1, -0.05) is 33.6 Å². The van der Waals surface area contributed by atoms with Crippen LogP contribution in [0.25, 0.3) is 22.4 Å². The number of halogens is 3. The molecule has 0 fully saturated rings. The normalized spacial score (nSPS) is 11.3. The van der Waals surface area contributed by atoms with E-state index >= 15 is 4.39 Å². The number of rotatable bonds is 3. The number of aromatic nitrogens is 3. The fraction of sp³-hybridized carbons (Fsp3) is 0.0588. The fourth-order valence-corrected chi connectivity index (χ4v) is 3.42. The number of aromatic amines is 1. The summed E-state index contributed by atoms with van der Waals surface area (Å²) in [6, 6.07) is 7.34. The average molecular weight is 407 g/mol. The first-order chi connectivity index (χ1) is 11.6. The van der Waals surface area contributed by atoms with Gasteiger partial charge in [0, 0.05) is 27.0 Å². The average Bonchev–Trinajstić information content (AvgIpc) is 3.23. The molecule has 7 heteroatoms. The van der Waals surface area contributed by atoms with Gasteiger partial charge in [0.2, 0.25) is 0 Å². The molecule has 0 unspecified atom stereocenters. The number of hydrogen-bond donors (Lipinski definition) is 1. The number of oxazole rings is 1. The van der Waals surface area contributed by atoms with Gasteiger partial charge in [-0.3, -0.25) is 0 Å². The Hall–Kier alpha value is -2.18. The fourth-order valence-electron chi connectivity index (χ4n) is 2.68. The third-order valence-corrected chi connectivity index (χ3v) is 4.68. The molecule has 4 nitrogen and oxygen atoms in total. The summed E-state index contributed by atoms with van der Waals surface area (Å²) in [4.78, 5) is 10.9. The van der Waals surface area contributed by atoms with Crippen molar-refractivity contribution in [2.24, 2.45) is 0 Å². The highest BCUT2D eigenvalue weighted by molar-refractivity contribution is 9.10. The molecular formula is C17H10BrClFN3O. The summed E-state index contributed by atoms with van der Waals surface area (Å²) in [5.74, 6) is 0.104. The minimum Gasteiger partial charge on any atom is -0.444 e. The van der Waals surface area contributed by atoms with Gasteiger partial charge in [-0.2, -0.15) is 0 Å². The van der Waals surface area contributed by atoms with Crippen LogP contribution in [0, 0.1) is 5.82 Å². The molecule has 0 amide bonds. The molecule has 0 saturated heterocycles. The summed E-state index contributed by atoms with van der Waals surface area (Å²) in [6.07, 6.45) is 4.66. The van der Waals surface area contributed by atoms with Crippen molar-refractivity contribution < 1.29 is 8.81 Å². The largest absolute Gasteiger partial charge is 0.444 e. The summed E-state index contributed by atoms with van der Waals surface area (Å²) in [5, 5.41) is 0.564. The van der Waals surface area contributed by atoms with Crippen molar-refractivity contribution in [1.29, 1.82) is 0 Å². The van der Waals surface area contributed by atoms with Gasteiger partial charge in [-0.25, -0.2) is 14.4 Å². The van der Waals surface area contributed by atoms with Gasteiger partial charge in [0.05, 0.1) is 18.0 Å². The number of nitrogens with zero attached hydrogens (tertiary/aromatic N) is 2. The number of H-pyrrole nitrogens is 1. The molecule has 0 saturated carbocycles. The van der Waals surface area contributed by atoms with Gasteiger partial charge in [0.15, 0.2) is 18.0 Å². The quantitative estimate of drug-likeness (QED) is 0.498. The minimum atomic E-state index is -0.390. The summed E-state index contributed by atoms with van der Waals surface area (Å²) >= 11 is 9.67. The highest BCUT2D eigenvalue weighted by Crippen LogP contribution is 2.33. The van der Waals surface area contributed by atoms with Gasteiger partial charge < -0.3 is 9.40 Å². The summed E-state index contributed by atoms with van der Waals surface area (Å²) in [7, 11) is 0. The van der Waals surface area contributed by atoms with Gasteiger partial charge in [0.1, 0.15) is 5.52 Å². The van der Waals surface area contributed by atoms with Crippen molar-refractivity contribution in [3.8, 4) is 11.3 Å². The Morgan fingerprint density at radius 3 is 2.92 bits per heavy atom. The van der Waals surface area contributed by atoms with Crippen molar-refractivity contribution in [3.63, 3.8) is 0 Å². The first-order valence-corrected chi connectivity index (χ1v) is 8.28. The minimum absolute atomic E-state index is 0.293. The predicted octanol–water partition coefficient (Wildman–Crippen LogP) is 5.36. The lowest BCUT2D eigenvalue weighted by molar-refractivity contribution is 0.569. The molecule has 2 aromatic carbocycles. The molecular weight excluding hydrogens is 397 g/mol. The van der Waals surface area contributed by atoms with Crippen LogP contribution in [0.3, 0.4) is 0 Å². The van der Waals surface area contributed by atoms with Crippen molar-refractivity contribution in [1.82, 2.24) is 15.0 Å². The van der Waals surface area contributed by atoms with E-state index in [2.05, 4.69) is 30.9 Å². The van der Waals surface area contributed by atoms with E-state index in [0.717, 1.165) is 10.0 Å². The smallest absolute Gasteiger partial charge is 0.181 e. The lowest BCUT2D eigenvalue weighted by Crippen LogP contribution is -1.99. The van der Waals surface area contributed by atoms with E-state index in [0.29, 0.717) is 39.4 Å². The third kappa shape index (κ3) is 2.61. The Labute approximate surface area is 149 Å². The summed E-state index contributed by atoms with van der Waals surface area (Å²) in [5.41, 5.74) is 2.80. The van der Waals surface area contributed by atoms with Crippen LogP contribution in [-0.4, -0.2) is 15.0 Å². The second kappa shape index (κ2) is 6.03. The van der Waals surface area contributed by atoms with Crippen LogP contribution >= 0.6 is 27.5 Å². The lowest BCUT2D eigenvalue weighted by atomic mass is 9.97. The molecule has 0 aliphatic heterocycles. The molecule has 4 aromatic rings. The maximum absolute atomic E-state index is 15.1. The molecule has 4 rings (SSSR count). The van der Waals surface area contributed by atoms with E-state index in [-0.39, 0.29) is 5.82 Å². The number of nitrogens with one attached hydrogen (secondary N) is 1. The Morgan fingerprint density at radius 2 is 2.17 bits per heavy atom. The Morgan fingerprint density at radius 1 is 1.29 bits per heavy atom. The zero-order chi connectivity index (χ0) is 16.7. The topological polar surface area (TPSA) is 54.7 Å². The SMILES string of the molecule is Fc1c(Cc2ccc(Br)cc2Cl)c(-c2cnco2)cc2[nH]cnc12. The van der Waals surface area contributed by atoms with Crippen LogP contribution in [0.15, 0.2) is 52.1 Å². The third-order valence-electron chi connectivity index (χ3n) is 3.84. The highest BCUT2D eigenvalue weighted by Gasteiger charge is 2.19. The number of imidazole rings is 1. The molecule has 0 aliphatic carbocycles.